The zero-order valence-electron chi connectivity index (χ0n) is 15.5. The number of alkyl halides is 3. The molecule has 0 radical (unpaired) electrons. The summed E-state index contributed by atoms with van der Waals surface area (Å²) < 4.78 is 51.7. The number of benzene rings is 2. The minimum Gasteiger partial charge on any atom is -0.348 e. The highest BCUT2D eigenvalue weighted by molar-refractivity contribution is 6.00. The fourth-order valence-corrected chi connectivity index (χ4v) is 2.69. The van der Waals surface area contributed by atoms with Crippen LogP contribution in [0.4, 0.5) is 39.5 Å². The zero-order valence-corrected chi connectivity index (χ0v) is 15.5. The molecule has 156 valence electrons. The van der Waals surface area contributed by atoms with Crippen molar-refractivity contribution in [1.29, 1.82) is 0 Å². The first kappa shape index (κ1) is 20.9. The van der Waals surface area contributed by atoms with E-state index in [9.17, 15) is 27.2 Å². The summed E-state index contributed by atoms with van der Waals surface area (Å²) in [4.78, 5) is 26.0. The molecular formula is C20H16F4N4O2. The summed E-state index contributed by atoms with van der Waals surface area (Å²) in [6, 6.07) is 9.29. The molecule has 0 aliphatic carbocycles. The highest BCUT2D eigenvalue weighted by Gasteiger charge is 2.31. The first-order valence-corrected chi connectivity index (χ1v) is 8.62. The number of amides is 3. The van der Waals surface area contributed by atoms with Gasteiger partial charge < -0.3 is 20.9 Å². The second-order valence-corrected chi connectivity index (χ2v) is 6.37. The van der Waals surface area contributed by atoms with E-state index in [0.717, 1.165) is 17.2 Å². The molecule has 0 atom stereocenters. The first-order valence-electron chi connectivity index (χ1n) is 8.62. The second kappa shape index (κ2) is 8.27. The maximum Gasteiger partial charge on any atom is 0.416 e. The minimum atomic E-state index is -4.73. The van der Waals surface area contributed by atoms with Gasteiger partial charge in [0.25, 0.3) is 0 Å². The molecule has 0 aliphatic heterocycles. The maximum absolute atomic E-state index is 13.4. The number of hydrogen-bond donors (Lipinski definition) is 4. The molecule has 0 saturated carbocycles. The minimum absolute atomic E-state index is 0.213. The van der Waals surface area contributed by atoms with Crippen molar-refractivity contribution in [3.05, 3.63) is 66.1 Å². The Morgan fingerprint density at radius 3 is 2.17 bits per heavy atom. The smallest absolute Gasteiger partial charge is 0.348 e. The molecule has 3 amide bonds. The van der Waals surface area contributed by atoms with Crippen molar-refractivity contribution in [3.63, 3.8) is 0 Å². The van der Waals surface area contributed by atoms with E-state index < -0.39 is 23.6 Å². The third-order valence-electron chi connectivity index (χ3n) is 3.95. The number of halogens is 4. The number of aromatic nitrogens is 1. The predicted octanol–water partition coefficient (Wildman–Crippen LogP) is 5.44. The van der Waals surface area contributed by atoms with E-state index in [4.69, 9.17) is 0 Å². The summed E-state index contributed by atoms with van der Waals surface area (Å²) in [7, 11) is 0. The molecule has 10 heteroatoms. The number of carbonyl (C=O) groups excluding carboxylic acids is 2. The van der Waals surface area contributed by atoms with Crippen molar-refractivity contribution in [2.75, 3.05) is 16.0 Å². The average molecular weight is 420 g/mol. The van der Waals surface area contributed by atoms with Crippen LogP contribution in [0, 0.1) is 5.82 Å². The molecule has 30 heavy (non-hydrogen) atoms. The van der Waals surface area contributed by atoms with Gasteiger partial charge in [-0.25, -0.2) is 9.18 Å². The van der Waals surface area contributed by atoms with Crippen LogP contribution in [0.25, 0.3) is 11.1 Å². The Balaban J connectivity index is 1.66. The number of hydrogen-bond acceptors (Lipinski definition) is 2. The van der Waals surface area contributed by atoms with Gasteiger partial charge in [0.2, 0.25) is 5.91 Å². The third kappa shape index (κ3) is 5.37. The highest BCUT2D eigenvalue weighted by atomic mass is 19.4. The van der Waals surface area contributed by atoms with Crippen LogP contribution in [0.2, 0.25) is 0 Å². The van der Waals surface area contributed by atoms with Crippen molar-refractivity contribution >= 4 is 29.1 Å². The van der Waals surface area contributed by atoms with Gasteiger partial charge in [0, 0.05) is 30.1 Å². The summed E-state index contributed by atoms with van der Waals surface area (Å²) in [5.41, 5.74) is 0.450. The molecule has 2 aromatic carbocycles. The summed E-state index contributed by atoms with van der Waals surface area (Å²) in [6.45, 7) is 1.39. The van der Waals surface area contributed by atoms with Gasteiger partial charge in [0.1, 0.15) is 11.6 Å². The van der Waals surface area contributed by atoms with Crippen molar-refractivity contribution in [2.45, 2.75) is 13.1 Å². The number of aromatic amines is 1. The molecule has 3 aromatic rings. The number of anilines is 3. The molecule has 4 N–H and O–H groups in total. The van der Waals surface area contributed by atoms with Crippen LogP contribution in [-0.2, 0) is 11.0 Å². The van der Waals surface area contributed by atoms with Gasteiger partial charge in [-0.05, 0) is 42.0 Å². The van der Waals surface area contributed by atoms with Crippen molar-refractivity contribution in [1.82, 2.24) is 4.98 Å². The van der Waals surface area contributed by atoms with Gasteiger partial charge in [0.15, 0.2) is 0 Å². The van der Waals surface area contributed by atoms with E-state index in [1.54, 1.807) is 36.5 Å². The van der Waals surface area contributed by atoms with E-state index in [2.05, 4.69) is 20.9 Å². The van der Waals surface area contributed by atoms with Gasteiger partial charge in [0.05, 0.1) is 5.56 Å². The second-order valence-electron chi connectivity index (χ2n) is 6.37. The topological polar surface area (TPSA) is 86.0 Å². The molecule has 0 unspecified atom stereocenters. The fraction of sp³-hybridized carbons (Fsp3) is 0.100. The van der Waals surface area contributed by atoms with Crippen molar-refractivity contribution in [2.24, 2.45) is 0 Å². The standard InChI is InChI=1S/C20H16F4N4O2/c1-11(29)26-18-6-13(10-25-18)12-2-4-16(5-3-12)27-19(30)28-17-8-14(20(22,23)24)7-15(21)9-17/h2-10,25H,1H3,(H,26,29)(H2,27,28,30). The molecule has 0 spiro atoms. The fourth-order valence-electron chi connectivity index (χ4n) is 2.69. The third-order valence-corrected chi connectivity index (χ3v) is 3.95. The summed E-state index contributed by atoms with van der Waals surface area (Å²) >= 11 is 0. The lowest BCUT2D eigenvalue weighted by Gasteiger charge is -2.11. The quantitative estimate of drug-likeness (QED) is 0.424. The van der Waals surface area contributed by atoms with Crippen molar-refractivity contribution < 1.29 is 27.2 Å². The Labute approximate surface area is 168 Å². The number of urea groups is 1. The Hall–Kier alpha value is -3.82. The number of nitrogens with one attached hydrogen (secondary N) is 4. The predicted molar refractivity (Wildman–Crippen MR) is 105 cm³/mol. The van der Waals surface area contributed by atoms with Gasteiger partial charge in [-0.15, -0.1) is 0 Å². The molecular weight excluding hydrogens is 404 g/mol. The Morgan fingerprint density at radius 2 is 1.53 bits per heavy atom. The Kier molecular flexibility index (Phi) is 5.77. The lowest BCUT2D eigenvalue weighted by atomic mass is 10.1. The van der Waals surface area contributed by atoms with Gasteiger partial charge >= 0.3 is 12.2 Å². The Bertz CT molecular complexity index is 1080. The van der Waals surface area contributed by atoms with Crippen LogP contribution in [0.1, 0.15) is 12.5 Å². The highest BCUT2D eigenvalue weighted by Crippen LogP contribution is 2.31. The first-order chi connectivity index (χ1) is 14.1. The van der Waals surface area contributed by atoms with Crippen LogP contribution < -0.4 is 16.0 Å². The molecule has 1 heterocycles. The SMILES string of the molecule is CC(=O)Nc1cc(-c2ccc(NC(=O)Nc3cc(F)cc(C(F)(F)F)c3)cc2)c[nH]1. The van der Waals surface area contributed by atoms with Crippen molar-refractivity contribution in [3.8, 4) is 11.1 Å². The normalized spacial score (nSPS) is 11.1. The Morgan fingerprint density at radius 1 is 0.867 bits per heavy atom. The maximum atomic E-state index is 13.4. The summed E-state index contributed by atoms with van der Waals surface area (Å²) in [5, 5.41) is 7.25. The lowest BCUT2D eigenvalue weighted by Crippen LogP contribution is -2.20. The molecule has 0 saturated heterocycles. The van der Waals surface area contributed by atoms with Gasteiger partial charge in [-0.1, -0.05) is 12.1 Å². The average Bonchev–Trinajstić information content (AvgIpc) is 3.08. The molecule has 3 rings (SSSR count). The molecule has 0 fully saturated rings. The van der Waals surface area contributed by atoms with Gasteiger partial charge in [-0.2, -0.15) is 13.2 Å². The largest absolute Gasteiger partial charge is 0.416 e. The molecule has 0 bridgehead atoms. The summed E-state index contributed by atoms with van der Waals surface area (Å²) in [5.74, 6) is -0.795. The number of carbonyl (C=O) groups is 2. The van der Waals surface area contributed by atoms with E-state index in [-0.39, 0.29) is 11.6 Å². The van der Waals surface area contributed by atoms with Crippen LogP contribution in [0.5, 0.6) is 0 Å². The van der Waals surface area contributed by atoms with Crippen LogP contribution in [0.3, 0.4) is 0 Å². The number of H-pyrrole nitrogens is 1. The van der Waals surface area contributed by atoms with Crippen LogP contribution >= 0.6 is 0 Å². The molecule has 6 nitrogen and oxygen atoms in total. The lowest BCUT2D eigenvalue weighted by molar-refractivity contribution is -0.137. The van der Waals surface area contributed by atoms with Crippen LogP contribution in [-0.4, -0.2) is 16.9 Å². The summed E-state index contributed by atoms with van der Waals surface area (Å²) in [6.07, 6.45) is -3.04. The van der Waals surface area contributed by atoms with Gasteiger partial charge in [-0.3, -0.25) is 4.79 Å². The zero-order chi connectivity index (χ0) is 21.9. The molecule has 1 aromatic heterocycles. The van der Waals surface area contributed by atoms with E-state index in [0.29, 0.717) is 23.6 Å². The van der Waals surface area contributed by atoms with E-state index in [1.807, 2.05) is 0 Å². The van der Waals surface area contributed by atoms with Crippen LogP contribution in [0.15, 0.2) is 54.7 Å². The number of rotatable bonds is 4. The van der Waals surface area contributed by atoms with E-state index >= 15 is 0 Å². The molecule has 0 aliphatic rings. The van der Waals surface area contributed by atoms with E-state index in [1.165, 1.54) is 6.92 Å². The monoisotopic (exact) mass is 420 g/mol.